The molecule has 0 atom stereocenters. The van der Waals surface area contributed by atoms with Crippen molar-refractivity contribution in [3.8, 4) is 22.8 Å². The van der Waals surface area contributed by atoms with Crippen molar-refractivity contribution in [2.75, 3.05) is 19.6 Å². The maximum absolute atomic E-state index is 12.9. The molecule has 12 nitrogen and oxygen atoms in total. The van der Waals surface area contributed by atoms with Crippen molar-refractivity contribution in [2.45, 2.75) is 33.1 Å². The fourth-order valence-electron chi connectivity index (χ4n) is 4.87. The molecule has 5 rings (SSSR count). The Bertz CT molecular complexity index is 2070. The van der Waals surface area contributed by atoms with Gasteiger partial charge in [0.15, 0.2) is 11.0 Å². The number of thioether (sulfide) groups is 1. The first-order chi connectivity index (χ1) is 26.0. The third-order valence-electron chi connectivity index (χ3n) is 7.63. The minimum atomic E-state index is -4.43. The summed E-state index contributed by atoms with van der Waals surface area (Å²) in [4.78, 5) is 33.4. The van der Waals surface area contributed by atoms with Crippen molar-refractivity contribution >= 4 is 40.9 Å². The lowest BCUT2D eigenvalue weighted by Gasteiger charge is -2.11. The molecule has 0 saturated heterocycles. The molecule has 0 aliphatic rings. The van der Waals surface area contributed by atoms with Gasteiger partial charge in [0.1, 0.15) is 24.6 Å². The highest BCUT2D eigenvalue weighted by molar-refractivity contribution is 8.13. The van der Waals surface area contributed by atoms with Crippen LogP contribution in [0.3, 0.4) is 0 Å². The number of esters is 1. The summed E-state index contributed by atoms with van der Waals surface area (Å²) in [6.45, 7) is 3.97. The molecule has 0 aliphatic heterocycles. The van der Waals surface area contributed by atoms with Gasteiger partial charge in [0.2, 0.25) is 0 Å². The minimum absolute atomic E-state index is 0.0424. The first-order valence-electron chi connectivity index (χ1n) is 16.4. The molecule has 280 valence electrons. The Hall–Kier alpha value is -6.16. The average molecular weight is 760 g/mol. The second kappa shape index (κ2) is 18.6. The molecule has 5 aromatic rings. The number of hydrogen-bond donors (Lipinski definition) is 2. The quantitative estimate of drug-likeness (QED) is 0.0406. The van der Waals surface area contributed by atoms with Gasteiger partial charge < -0.3 is 19.5 Å². The summed E-state index contributed by atoms with van der Waals surface area (Å²) in [5.74, 6) is 0.485. The molecule has 0 saturated carbocycles. The molecule has 4 aromatic carbocycles. The zero-order chi connectivity index (χ0) is 38.5. The number of carbonyl (C=O) groups excluding carboxylic acids is 2. The second-order valence-electron chi connectivity index (χ2n) is 11.6. The fourth-order valence-corrected chi connectivity index (χ4v) is 5.44. The third kappa shape index (κ3) is 11.4. The minimum Gasteiger partial charge on any atom is -0.497 e. The first kappa shape index (κ1) is 39.1. The standard InChI is InChI=1S/C38H36F3N7O5S/c1-25-19-32(51-3)20-26(2)34(25)45-36(54-24-53-33(49)17-18-42-37(50)52-22-28-7-5-4-6-8-28)46-44-21-27-9-11-29(12-10-27)35-43-23-48(47-35)31-15-13-30(14-16-31)38(39,40)41/h4-16,19-21,23H,17-18,22,24H2,1-3H3,(H,42,50)(H,45,46)/b44-21+. The molecule has 0 unspecified atom stereocenters. The van der Waals surface area contributed by atoms with Crippen molar-refractivity contribution in [2.24, 2.45) is 10.1 Å². The Morgan fingerprint density at radius 2 is 1.65 bits per heavy atom. The molecule has 0 bridgehead atoms. The molecule has 1 heterocycles. The smallest absolute Gasteiger partial charge is 0.416 e. The maximum atomic E-state index is 12.9. The van der Waals surface area contributed by atoms with E-state index in [2.05, 4.69) is 25.9 Å². The number of amides is 1. The summed E-state index contributed by atoms with van der Waals surface area (Å²) in [7, 11) is 1.59. The highest BCUT2D eigenvalue weighted by Gasteiger charge is 2.30. The van der Waals surface area contributed by atoms with E-state index >= 15 is 0 Å². The van der Waals surface area contributed by atoms with Crippen molar-refractivity contribution < 1.29 is 37.0 Å². The van der Waals surface area contributed by atoms with Gasteiger partial charge in [-0.25, -0.2) is 19.5 Å². The van der Waals surface area contributed by atoms with Crippen molar-refractivity contribution in [3.05, 3.63) is 125 Å². The number of aryl methyl sites for hydroxylation is 2. The number of nitrogens with one attached hydrogen (secondary N) is 2. The molecule has 0 fully saturated rings. The lowest BCUT2D eigenvalue weighted by Crippen LogP contribution is -2.27. The SMILES string of the molecule is COc1cc(C)c(N=C(N/N=C/c2ccc(-c3ncn(-c4ccc(C(F)(F)F)cc4)n3)cc2)SCOC(=O)CCNC(=O)OCc2ccccc2)c(C)c1. The molecule has 16 heteroatoms. The van der Waals surface area contributed by atoms with E-state index in [1.807, 2.05) is 56.3 Å². The number of alkyl carbamates (subject to hydrolysis) is 1. The number of carbonyl (C=O) groups is 2. The number of rotatable bonds is 13. The molecule has 0 radical (unpaired) electrons. The predicted molar refractivity (Wildman–Crippen MR) is 200 cm³/mol. The average Bonchev–Trinajstić information content (AvgIpc) is 3.66. The maximum Gasteiger partial charge on any atom is 0.416 e. The van der Waals surface area contributed by atoms with Crippen molar-refractivity contribution in [1.82, 2.24) is 25.5 Å². The molecule has 0 aliphatic carbocycles. The number of nitrogens with zero attached hydrogens (tertiary/aromatic N) is 5. The number of alkyl halides is 3. The van der Waals surface area contributed by atoms with E-state index in [9.17, 15) is 22.8 Å². The highest BCUT2D eigenvalue weighted by atomic mass is 32.2. The topological polar surface area (TPSA) is 141 Å². The van der Waals surface area contributed by atoms with Crippen LogP contribution in [0.1, 0.15) is 34.2 Å². The third-order valence-corrected chi connectivity index (χ3v) is 8.33. The number of aromatic nitrogens is 3. The normalized spacial score (nSPS) is 11.7. The summed E-state index contributed by atoms with van der Waals surface area (Å²) in [6, 6.07) is 24.8. The van der Waals surface area contributed by atoms with Gasteiger partial charge in [0, 0.05) is 12.1 Å². The number of hydrogen-bond acceptors (Lipinski definition) is 10. The van der Waals surface area contributed by atoms with Crippen LogP contribution in [0.5, 0.6) is 5.75 Å². The van der Waals surface area contributed by atoms with E-state index in [-0.39, 0.29) is 25.5 Å². The van der Waals surface area contributed by atoms with Gasteiger partial charge in [0.25, 0.3) is 0 Å². The van der Waals surface area contributed by atoms with Crippen LogP contribution in [0.25, 0.3) is 17.1 Å². The zero-order valence-corrected chi connectivity index (χ0v) is 30.3. The van der Waals surface area contributed by atoms with Crippen LogP contribution in [-0.4, -0.2) is 57.8 Å². The molecule has 0 spiro atoms. The van der Waals surface area contributed by atoms with E-state index < -0.39 is 23.8 Å². The number of amidine groups is 1. The number of halogens is 3. The van der Waals surface area contributed by atoms with Gasteiger partial charge in [0.05, 0.1) is 36.7 Å². The van der Waals surface area contributed by atoms with Crippen LogP contribution in [0.2, 0.25) is 0 Å². The summed E-state index contributed by atoms with van der Waals surface area (Å²) < 4.78 is 56.1. The van der Waals surface area contributed by atoms with Crippen molar-refractivity contribution in [1.29, 1.82) is 0 Å². The van der Waals surface area contributed by atoms with Gasteiger partial charge in [-0.2, -0.15) is 18.3 Å². The van der Waals surface area contributed by atoms with Crippen LogP contribution in [0, 0.1) is 13.8 Å². The monoisotopic (exact) mass is 759 g/mol. The molecular weight excluding hydrogens is 724 g/mol. The summed E-state index contributed by atoms with van der Waals surface area (Å²) in [6.07, 6.45) is -2.11. The van der Waals surface area contributed by atoms with E-state index in [0.29, 0.717) is 33.7 Å². The molecule has 1 amide bonds. The summed E-state index contributed by atoms with van der Waals surface area (Å²) in [5, 5.41) is 11.6. The number of hydrazone groups is 1. The Balaban J connectivity index is 1.17. The van der Waals surface area contributed by atoms with Gasteiger partial charge in [-0.3, -0.25) is 10.2 Å². The lowest BCUT2D eigenvalue weighted by atomic mass is 10.1. The summed E-state index contributed by atoms with van der Waals surface area (Å²) >= 11 is 1.12. The number of benzene rings is 4. The molecule has 1 aromatic heterocycles. The lowest BCUT2D eigenvalue weighted by molar-refractivity contribution is -0.141. The van der Waals surface area contributed by atoms with Crippen LogP contribution in [0.4, 0.5) is 23.7 Å². The predicted octanol–water partition coefficient (Wildman–Crippen LogP) is 7.74. The number of aliphatic imine (C=N–C) groups is 1. The molecular formula is C38H36F3N7O5S. The zero-order valence-electron chi connectivity index (χ0n) is 29.5. The second-order valence-corrected chi connectivity index (χ2v) is 12.5. The van der Waals surface area contributed by atoms with Gasteiger partial charge in [-0.1, -0.05) is 54.6 Å². The Kier molecular flexibility index (Phi) is 13.4. The number of ether oxygens (including phenoxy) is 3. The largest absolute Gasteiger partial charge is 0.497 e. The Morgan fingerprint density at radius 1 is 0.944 bits per heavy atom. The van der Waals surface area contributed by atoms with Crippen LogP contribution < -0.4 is 15.5 Å². The van der Waals surface area contributed by atoms with Crippen LogP contribution in [-0.2, 0) is 27.1 Å². The number of methoxy groups -OCH3 is 1. The Labute approximate surface area is 313 Å². The fraction of sp³-hybridized carbons (Fsp3) is 0.211. The van der Waals surface area contributed by atoms with E-state index in [1.54, 1.807) is 37.6 Å². The van der Waals surface area contributed by atoms with E-state index in [1.165, 1.54) is 23.1 Å². The first-order valence-corrected chi connectivity index (χ1v) is 17.4. The highest BCUT2D eigenvalue weighted by Crippen LogP contribution is 2.31. The van der Waals surface area contributed by atoms with E-state index in [4.69, 9.17) is 19.2 Å². The van der Waals surface area contributed by atoms with E-state index in [0.717, 1.165) is 46.1 Å². The van der Waals surface area contributed by atoms with Crippen LogP contribution in [0.15, 0.2) is 107 Å². The summed E-state index contributed by atoms with van der Waals surface area (Å²) in [5.41, 5.74) is 7.31. The van der Waals surface area contributed by atoms with Crippen LogP contribution >= 0.6 is 11.8 Å². The Morgan fingerprint density at radius 3 is 2.31 bits per heavy atom. The van der Waals surface area contributed by atoms with Gasteiger partial charge in [-0.15, -0.1) is 5.10 Å². The molecule has 54 heavy (non-hydrogen) atoms. The molecule has 2 N–H and O–H groups in total. The van der Waals surface area contributed by atoms with Gasteiger partial charge >= 0.3 is 18.2 Å². The van der Waals surface area contributed by atoms with Gasteiger partial charge in [-0.05, 0) is 84.3 Å². The van der Waals surface area contributed by atoms with Crippen molar-refractivity contribution in [3.63, 3.8) is 0 Å².